The van der Waals surface area contributed by atoms with E-state index in [2.05, 4.69) is 12.1 Å². The molecule has 1 fully saturated rings. The molecule has 6 nitrogen and oxygen atoms in total. The van der Waals surface area contributed by atoms with Crippen LogP contribution in [-0.2, 0) is 16.1 Å². The Morgan fingerprint density at radius 2 is 1.77 bits per heavy atom. The number of benzene rings is 2. The van der Waals surface area contributed by atoms with Crippen molar-refractivity contribution in [3.63, 3.8) is 0 Å². The fourth-order valence-corrected chi connectivity index (χ4v) is 3.91. The molecule has 158 valence electrons. The summed E-state index contributed by atoms with van der Waals surface area (Å²) in [5.41, 5.74) is 9.29. The van der Waals surface area contributed by atoms with E-state index >= 15 is 0 Å². The van der Waals surface area contributed by atoms with Crippen LogP contribution in [-0.4, -0.2) is 39.6 Å². The van der Waals surface area contributed by atoms with Crippen LogP contribution in [0.15, 0.2) is 72.9 Å². The first-order chi connectivity index (χ1) is 15.1. The molecule has 0 aliphatic carbocycles. The topological polar surface area (TPSA) is 81.2 Å². The van der Waals surface area contributed by atoms with E-state index in [4.69, 9.17) is 10.8 Å². The van der Waals surface area contributed by atoms with Crippen molar-refractivity contribution < 1.29 is 9.59 Å². The molecule has 1 atom stereocenters. The van der Waals surface area contributed by atoms with Gasteiger partial charge in [-0.15, -0.1) is 0 Å². The number of hydrogen-bond acceptors (Lipinski definition) is 3. The van der Waals surface area contributed by atoms with Crippen LogP contribution in [0.5, 0.6) is 0 Å². The lowest BCUT2D eigenvalue weighted by Crippen LogP contribution is -2.43. The van der Waals surface area contributed by atoms with Crippen LogP contribution in [0.3, 0.4) is 0 Å². The quantitative estimate of drug-likeness (QED) is 0.628. The van der Waals surface area contributed by atoms with Gasteiger partial charge in [0.15, 0.2) is 0 Å². The normalized spacial score (nSPS) is 16.5. The minimum absolute atomic E-state index is 0.110. The number of carbonyl (C=O) groups is 2. The van der Waals surface area contributed by atoms with Crippen LogP contribution >= 0.6 is 0 Å². The van der Waals surface area contributed by atoms with Gasteiger partial charge in [0.1, 0.15) is 0 Å². The second-order valence-corrected chi connectivity index (χ2v) is 7.84. The molecule has 0 bridgehead atoms. The van der Waals surface area contributed by atoms with Crippen molar-refractivity contribution in [3.8, 4) is 11.3 Å². The van der Waals surface area contributed by atoms with Crippen molar-refractivity contribution >= 4 is 17.9 Å². The van der Waals surface area contributed by atoms with Crippen LogP contribution in [0, 0.1) is 5.92 Å². The number of likely N-dealkylation sites (tertiary alicyclic amines) is 1. The van der Waals surface area contributed by atoms with E-state index in [0.29, 0.717) is 19.6 Å². The van der Waals surface area contributed by atoms with E-state index in [1.165, 1.54) is 0 Å². The van der Waals surface area contributed by atoms with Crippen molar-refractivity contribution in [1.82, 2.24) is 14.7 Å². The predicted molar refractivity (Wildman–Crippen MR) is 121 cm³/mol. The van der Waals surface area contributed by atoms with Crippen molar-refractivity contribution in [3.05, 3.63) is 84.1 Å². The summed E-state index contributed by atoms with van der Waals surface area (Å²) < 4.78 is 1.89. The van der Waals surface area contributed by atoms with E-state index in [1.54, 1.807) is 11.0 Å². The Labute approximate surface area is 182 Å². The first-order valence-electron chi connectivity index (χ1n) is 10.5. The Morgan fingerprint density at radius 3 is 2.48 bits per heavy atom. The van der Waals surface area contributed by atoms with E-state index in [-0.39, 0.29) is 17.7 Å². The number of nitrogens with zero attached hydrogens (tertiary/aromatic N) is 3. The molecule has 0 spiro atoms. The molecule has 2 amide bonds. The number of hydrogen-bond donors (Lipinski definition) is 1. The molecule has 1 aromatic heterocycles. The first kappa shape index (κ1) is 20.6. The summed E-state index contributed by atoms with van der Waals surface area (Å²) in [5, 5.41) is 4.78. The summed E-state index contributed by atoms with van der Waals surface area (Å²) in [4.78, 5) is 26.0. The van der Waals surface area contributed by atoms with Gasteiger partial charge in [-0.2, -0.15) is 5.10 Å². The second kappa shape index (κ2) is 9.43. The minimum atomic E-state index is -0.338. The summed E-state index contributed by atoms with van der Waals surface area (Å²) in [7, 11) is 0. The van der Waals surface area contributed by atoms with Gasteiger partial charge in [-0.05, 0) is 24.5 Å². The number of amides is 2. The predicted octanol–water partition coefficient (Wildman–Crippen LogP) is 3.34. The summed E-state index contributed by atoms with van der Waals surface area (Å²) in [6.07, 6.45) is 6.87. The first-order valence-corrected chi connectivity index (χ1v) is 10.5. The smallest absolute Gasteiger partial charge is 0.246 e. The molecule has 31 heavy (non-hydrogen) atoms. The second-order valence-electron chi connectivity index (χ2n) is 7.84. The monoisotopic (exact) mass is 414 g/mol. The van der Waals surface area contributed by atoms with E-state index < -0.39 is 0 Å². The Kier molecular flexibility index (Phi) is 6.26. The lowest BCUT2D eigenvalue weighted by atomic mass is 9.97. The zero-order valence-corrected chi connectivity index (χ0v) is 17.4. The molecule has 4 rings (SSSR count). The van der Waals surface area contributed by atoms with Gasteiger partial charge >= 0.3 is 0 Å². The maximum absolute atomic E-state index is 12.7. The van der Waals surface area contributed by atoms with Crippen LogP contribution in [0.2, 0.25) is 0 Å². The minimum Gasteiger partial charge on any atom is -0.369 e. The molecule has 1 aliphatic heterocycles. The summed E-state index contributed by atoms with van der Waals surface area (Å²) in [6, 6.07) is 20.1. The largest absolute Gasteiger partial charge is 0.369 e. The number of piperidine rings is 1. The number of nitrogens with two attached hydrogens (primary N) is 1. The zero-order valence-electron chi connectivity index (χ0n) is 17.4. The third kappa shape index (κ3) is 5.09. The number of carbonyl (C=O) groups excluding carboxylic acids is 2. The lowest BCUT2D eigenvalue weighted by Gasteiger charge is -2.30. The highest BCUT2D eigenvalue weighted by atomic mass is 16.2. The molecule has 0 radical (unpaired) electrons. The van der Waals surface area contributed by atoms with E-state index in [9.17, 15) is 9.59 Å². The van der Waals surface area contributed by atoms with Crippen LogP contribution < -0.4 is 5.73 Å². The van der Waals surface area contributed by atoms with Crippen molar-refractivity contribution in [2.75, 3.05) is 13.1 Å². The molecule has 3 aromatic rings. The molecule has 6 heteroatoms. The number of aromatic nitrogens is 2. The van der Waals surface area contributed by atoms with Gasteiger partial charge in [-0.1, -0.05) is 60.7 Å². The fraction of sp³-hybridized carbons (Fsp3) is 0.240. The third-order valence-electron chi connectivity index (χ3n) is 5.57. The number of primary amides is 1. The SMILES string of the molecule is NC(=O)C1CCCN(C(=O)C=Cc2cn(Cc3ccccc3)nc2-c2ccccc2)C1. The lowest BCUT2D eigenvalue weighted by molar-refractivity contribution is -0.130. The van der Waals surface area contributed by atoms with Crippen LogP contribution in [0.4, 0.5) is 0 Å². The van der Waals surface area contributed by atoms with Crippen LogP contribution in [0.25, 0.3) is 17.3 Å². The Hall–Kier alpha value is -3.67. The molecule has 1 aliphatic rings. The third-order valence-corrected chi connectivity index (χ3v) is 5.57. The van der Waals surface area contributed by atoms with Gasteiger partial charge in [-0.25, -0.2) is 0 Å². The summed E-state index contributed by atoms with van der Waals surface area (Å²) >= 11 is 0. The average Bonchev–Trinajstić information content (AvgIpc) is 3.21. The molecule has 2 heterocycles. The van der Waals surface area contributed by atoms with Gasteiger partial charge < -0.3 is 10.6 Å². The molecule has 2 aromatic carbocycles. The van der Waals surface area contributed by atoms with Gasteiger partial charge in [0.2, 0.25) is 11.8 Å². The Bertz CT molecular complexity index is 1070. The van der Waals surface area contributed by atoms with Crippen LogP contribution in [0.1, 0.15) is 24.0 Å². The zero-order chi connectivity index (χ0) is 21.6. The molecule has 2 N–H and O–H groups in total. The Balaban J connectivity index is 1.57. The van der Waals surface area contributed by atoms with Gasteiger partial charge in [0, 0.05) is 36.5 Å². The highest BCUT2D eigenvalue weighted by molar-refractivity contribution is 5.93. The van der Waals surface area contributed by atoms with E-state index in [1.807, 2.05) is 65.5 Å². The maximum Gasteiger partial charge on any atom is 0.246 e. The van der Waals surface area contributed by atoms with Crippen molar-refractivity contribution in [2.45, 2.75) is 19.4 Å². The van der Waals surface area contributed by atoms with Crippen molar-refractivity contribution in [2.24, 2.45) is 11.7 Å². The molecular weight excluding hydrogens is 388 g/mol. The van der Waals surface area contributed by atoms with Gasteiger partial charge in [0.05, 0.1) is 18.2 Å². The number of rotatable bonds is 6. The van der Waals surface area contributed by atoms with Gasteiger partial charge in [-0.3, -0.25) is 14.3 Å². The Morgan fingerprint density at radius 1 is 1.06 bits per heavy atom. The summed E-state index contributed by atoms with van der Waals surface area (Å²) in [5.74, 6) is -0.713. The standard InChI is InChI=1S/C25H26N4O2/c26-25(31)22-12-7-15-28(17-22)23(30)14-13-21-18-29(16-19-8-3-1-4-9-19)27-24(21)20-10-5-2-6-11-20/h1-6,8-11,13-14,18,22H,7,12,15-17H2,(H2,26,31). The van der Waals surface area contributed by atoms with Crippen molar-refractivity contribution in [1.29, 1.82) is 0 Å². The molecule has 1 saturated heterocycles. The van der Waals surface area contributed by atoms with Gasteiger partial charge in [0.25, 0.3) is 0 Å². The molecular formula is C25H26N4O2. The molecule has 1 unspecified atom stereocenters. The molecule has 0 saturated carbocycles. The maximum atomic E-state index is 12.7. The highest BCUT2D eigenvalue weighted by Gasteiger charge is 2.26. The fourth-order valence-electron chi connectivity index (χ4n) is 3.91. The van der Waals surface area contributed by atoms with E-state index in [0.717, 1.165) is 35.2 Å². The average molecular weight is 415 g/mol. The summed E-state index contributed by atoms with van der Waals surface area (Å²) in [6.45, 7) is 1.68. The highest BCUT2D eigenvalue weighted by Crippen LogP contribution is 2.24.